The maximum Gasteiger partial charge on any atom is 0.159 e. The minimum atomic E-state index is 0.134. The number of hydrogen-bond donors (Lipinski definition) is 0. The van der Waals surface area contributed by atoms with Gasteiger partial charge < -0.3 is 4.90 Å². The van der Waals surface area contributed by atoms with Crippen LogP contribution in [0.3, 0.4) is 0 Å². The van der Waals surface area contributed by atoms with Gasteiger partial charge in [0.1, 0.15) is 0 Å². The van der Waals surface area contributed by atoms with Crippen molar-refractivity contribution in [1.29, 1.82) is 0 Å². The SMILES string of the molecule is CC(=O)c1ccc(N2CCC2)cc1. The fourth-order valence-electron chi connectivity index (χ4n) is 1.48. The third-order valence-corrected chi connectivity index (χ3v) is 2.50. The standard InChI is InChI=1S/C11H13NO/c1-9(13)10-3-5-11(6-4-10)12-7-2-8-12/h3-6H,2,7-8H2,1H3. The average molecular weight is 175 g/mol. The Bertz CT molecular complexity index is 311. The van der Waals surface area contributed by atoms with Crippen LogP contribution < -0.4 is 4.90 Å². The summed E-state index contributed by atoms with van der Waals surface area (Å²) in [6, 6.07) is 7.85. The van der Waals surface area contributed by atoms with Gasteiger partial charge in [0.15, 0.2) is 5.78 Å². The molecule has 2 nitrogen and oxygen atoms in total. The minimum absolute atomic E-state index is 0.134. The quantitative estimate of drug-likeness (QED) is 0.641. The number of benzene rings is 1. The first kappa shape index (κ1) is 8.30. The van der Waals surface area contributed by atoms with E-state index in [-0.39, 0.29) is 5.78 Å². The molecule has 1 aromatic rings. The van der Waals surface area contributed by atoms with Crippen LogP contribution in [0.2, 0.25) is 0 Å². The van der Waals surface area contributed by atoms with E-state index in [0.717, 1.165) is 18.7 Å². The molecule has 0 N–H and O–H groups in total. The molecule has 1 aliphatic heterocycles. The molecule has 2 rings (SSSR count). The molecule has 0 bridgehead atoms. The van der Waals surface area contributed by atoms with E-state index in [4.69, 9.17) is 0 Å². The molecule has 1 heterocycles. The lowest BCUT2D eigenvalue weighted by Crippen LogP contribution is -2.36. The number of carbonyl (C=O) groups is 1. The van der Waals surface area contributed by atoms with Gasteiger partial charge in [-0.05, 0) is 37.6 Å². The summed E-state index contributed by atoms with van der Waals surface area (Å²) in [4.78, 5) is 13.3. The van der Waals surface area contributed by atoms with Gasteiger partial charge in [0, 0.05) is 24.3 Å². The van der Waals surface area contributed by atoms with Crippen LogP contribution in [-0.2, 0) is 0 Å². The second-order valence-corrected chi connectivity index (χ2v) is 3.44. The number of hydrogen-bond acceptors (Lipinski definition) is 2. The monoisotopic (exact) mass is 175 g/mol. The van der Waals surface area contributed by atoms with E-state index in [1.54, 1.807) is 6.92 Å². The minimum Gasteiger partial charge on any atom is -0.371 e. The Labute approximate surface area is 78.2 Å². The van der Waals surface area contributed by atoms with E-state index in [1.165, 1.54) is 12.1 Å². The third kappa shape index (κ3) is 1.57. The topological polar surface area (TPSA) is 20.3 Å². The first-order chi connectivity index (χ1) is 6.27. The van der Waals surface area contributed by atoms with Crippen LogP contribution in [-0.4, -0.2) is 18.9 Å². The predicted octanol–water partition coefficient (Wildman–Crippen LogP) is 2.10. The molecule has 0 aromatic heterocycles. The Morgan fingerprint density at radius 2 is 1.85 bits per heavy atom. The first-order valence-electron chi connectivity index (χ1n) is 4.63. The van der Waals surface area contributed by atoms with Crippen LogP contribution in [0.25, 0.3) is 0 Å². The normalized spacial score (nSPS) is 15.3. The van der Waals surface area contributed by atoms with E-state index >= 15 is 0 Å². The third-order valence-electron chi connectivity index (χ3n) is 2.50. The summed E-state index contributed by atoms with van der Waals surface area (Å²) in [6.45, 7) is 3.90. The maximum absolute atomic E-state index is 11.0. The predicted molar refractivity (Wildman–Crippen MR) is 53.3 cm³/mol. The lowest BCUT2D eigenvalue weighted by molar-refractivity contribution is 0.101. The Morgan fingerprint density at radius 3 is 2.23 bits per heavy atom. The summed E-state index contributed by atoms with van der Waals surface area (Å²) in [5, 5.41) is 0. The first-order valence-corrected chi connectivity index (χ1v) is 4.63. The molecule has 68 valence electrons. The molecule has 0 amide bonds. The number of nitrogens with zero attached hydrogens (tertiary/aromatic N) is 1. The molecular formula is C11H13NO. The fraction of sp³-hybridized carbons (Fsp3) is 0.364. The average Bonchev–Trinajstić information content (AvgIpc) is 2.02. The summed E-state index contributed by atoms with van der Waals surface area (Å²) in [5.74, 6) is 0.134. The van der Waals surface area contributed by atoms with E-state index in [2.05, 4.69) is 4.90 Å². The Morgan fingerprint density at radius 1 is 1.23 bits per heavy atom. The second kappa shape index (κ2) is 3.21. The fourth-order valence-corrected chi connectivity index (χ4v) is 1.48. The molecule has 1 saturated heterocycles. The van der Waals surface area contributed by atoms with Crippen molar-refractivity contribution >= 4 is 11.5 Å². The van der Waals surface area contributed by atoms with Crippen LogP contribution in [0.4, 0.5) is 5.69 Å². The molecular weight excluding hydrogens is 162 g/mol. The maximum atomic E-state index is 11.0. The van der Waals surface area contributed by atoms with Gasteiger partial charge in [-0.2, -0.15) is 0 Å². The van der Waals surface area contributed by atoms with Gasteiger partial charge in [-0.1, -0.05) is 0 Å². The van der Waals surface area contributed by atoms with E-state index < -0.39 is 0 Å². The molecule has 1 aromatic carbocycles. The van der Waals surface area contributed by atoms with Crippen molar-refractivity contribution in [3.05, 3.63) is 29.8 Å². The highest BCUT2D eigenvalue weighted by Crippen LogP contribution is 2.20. The van der Waals surface area contributed by atoms with Gasteiger partial charge in [-0.15, -0.1) is 0 Å². The van der Waals surface area contributed by atoms with Crippen molar-refractivity contribution < 1.29 is 4.79 Å². The van der Waals surface area contributed by atoms with Crippen molar-refractivity contribution in [2.24, 2.45) is 0 Å². The van der Waals surface area contributed by atoms with Crippen LogP contribution in [0.5, 0.6) is 0 Å². The summed E-state index contributed by atoms with van der Waals surface area (Å²) in [7, 11) is 0. The summed E-state index contributed by atoms with van der Waals surface area (Å²) in [5.41, 5.74) is 2.03. The van der Waals surface area contributed by atoms with E-state index in [0.29, 0.717) is 0 Å². The van der Waals surface area contributed by atoms with Gasteiger partial charge in [0.2, 0.25) is 0 Å². The Balaban J connectivity index is 2.17. The molecule has 0 spiro atoms. The lowest BCUT2D eigenvalue weighted by Gasteiger charge is -2.33. The highest BCUT2D eigenvalue weighted by molar-refractivity contribution is 5.94. The number of anilines is 1. The molecule has 0 radical (unpaired) electrons. The molecule has 0 unspecified atom stereocenters. The molecule has 2 heteroatoms. The summed E-state index contributed by atoms with van der Waals surface area (Å²) in [6.07, 6.45) is 1.29. The molecule has 0 aliphatic carbocycles. The van der Waals surface area contributed by atoms with E-state index in [1.807, 2.05) is 24.3 Å². The van der Waals surface area contributed by atoms with Crippen molar-refractivity contribution in [2.75, 3.05) is 18.0 Å². The van der Waals surface area contributed by atoms with Gasteiger partial charge >= 0.3 is 0 Å². The molecule has 1 fully saturated rings. The Hall–Kier alpha value is -1.31. The van der Waals surface area contributed by atoms with Crippen LogP contribution in [0, 0.1) is 0 Å². The highest BCUT2D eigenvalue weighted by atomic mass is 16.1. The zero-order valence-electron chi connectivity index (χ0n) is 7.79. The molecule has 1 aliphatic rings. The molecule has 0 saturated carbocycles. The molecule has 0 atom stereocenters. The number of ketones is 1. The zero-order chi connectivity index (χ0) is 9.26. The van der Waals surface area contributed by atoms with Crippen LogP contribution in [0.15, 0.2) is 24.3 Å². The van der Waals surface area contributed by atoms with E-state index in [9.17, 15) is 4.79 Å². The smallest absolute Gasteiger partial charge is 0.159 e. The number of carbonyl (C=O) groups excluding carboxylic acids is 1. The van der Waals surface area contributed by atoms with Gasteiger partial charge in [0.05, 0.1) is 0 Å². The largest absolute Gasteiger partial charge is 0.371 e. The van der Waals surface area contributed by atoms with Gasteiger partial charge in [-0.25, -0.2) is 0 Å². The molecule has 13 heavy (non-hydrogen) atoms. The van der Waals surface area contributed by atoms with Crippen molar-refractivity contribution in [2.45, 2.75) is 13.3 Å². The summed E-state index contributed by atoms with van der Waals surface area (Å²) >= 11 is 0. The second-order valence-electron chi connectivity index (χ2n) is 3.44. The van der Waals surface area contributed by atoms with Crippen molar-refractivity contribution in [1.82, 2.24) is 0 Å². The number of Topliss-reactive ketones (excluding diaryl/α,β-unsaturated/α-hetero) is 1. The zero-order valence-corrected chi connectivity index (χ0v) is 7.79. The Kier molecular flexibility index (Phi) is 2.05. The van der Waals surface area contributed by atoms with Crippen LogP contribution >= 0.6 is 0 Å². The highest BCUT2D eigenvalue weighted by Gasteiger charge is 2.13. The van der Waals surface area contributed by atoms with Crippen molar-refractivity contribution in [3.8, 4) is 0 Å². The van der Waals surface area contributed by atoms with Crippen LogP contribution in [0.1, 0.15) is 23.7 Å². The lowest BCUT2D eigenvalue weighted by atomic mass is 10.1. The van der Waals surface area contributed by atoms with Crippen molar-refractivity contribution in [3.63, 3.8) is 0 Å². The number of rotatable bonds is 2. The summed E-state index contributed by atoms with van der Waals surface area (Å²) < 4.78 is 0. The van der Waals surface area contributed by atoms with Gasteiger partial charge in [-0.3, -0.25) is 4.79 Å². The van der Waals surface area contributed by atoms with Gasteiger partial charge in [0.25, 0.3) is 0 Å².